The molecule has 128 valence electrons. The summed E-state index contributed by atoms with van der Waals surface area (Å²) >= 11 is 0. The standard InChI is InChI=1S/C19H23NO4/c1-22-16-6-4-5-15(11-16)13-20-19(21)8-7-14-9-17(23-2)12-18(10-14)24-3/h4-6,9-12H,7-8,13H2,1-3H3,(H,20,21). The zero-order chi connectivity index (χ0) is 17.4. The van der Waals surface area contributed by atoms with Crippen molar-refractivity contribution in [2.45, 2.75) is 19.4 Å². The summed E-state index contributed by atoms with van der Waals surface area (Å²) in [5.74, 6) is 2.23. The predicted octanol–water partition coefficient (Wildman–Crippen LogP) is 2.96. The first-order chi connectivity index (χ1) is 11.6. The molecular formula is C19H23NO4. The maximum Gasteiger partial charge on any atom is 0.220 e. The van der Waals surface area contributed by atoms with E-state index in [0.717, 1.165) is 28.4 Å². The van der Waals surface area contributed by atoms with Gasteiger partial charge in [-0.1, -0.05) is 12.1 Å². The van der Waals surface area contributed by atoms with Crippen LogP contribution < -0.4 is 19.5 Å². The molecule has 0 saturated heterocycles. The van der Waals surface area contributed by atoms with E-state index in [2.05, 4.69) is 5.32 Å². The summed E-state index contributed by atoms with van der Waals surface area (Å²) in [4.78, 5) is 12.0. The average molecular weight is 329 g/mol. The van der Waals surface area contributed by atoms with E-state index in [1.54, 1.807) is 21.3 Å². The summed E-state index contributed by atoms with van der Waals surface area (Å²) in [6, 6.07) is 13.3. The molecule has 0 unspecified atom stereocenters. The third-order valence-electron chi connectivity index (χ3n) is 3.68. The maximum atomic E-state index is 12.0. The van der Waals surface area contributed by atoms with Crippen LogP contribution in [0.5, 0.6) is 17.2 Å². The second-order valence-corrected chi connectivity index (χ2v) is 5.35. The molecule has 2 aromatic rings. The Morgan fingerprint density at radius 1 is 0.875 bits per heavy atom. The zero-order valence-corrected chi connectivity index (χ0v) is 14.3. The predicted molar refractivity (Wildman–Crippen MR) is 92.7 cm³/mol. The molecule has 0 fully saturated rings. The van der Waals surface area contributed by atoms with Crippen LogP contribution in [0.4, 0.5) is 0 Å². The minimum atomic E-state index is -0.000364. The molecule has 5 heteroatoms. The van der Waals surface area contributed by atoms with Crippen LogP contribution in [0.2, 0.25) is 0 Å². The van der Waals surface area contributed by atoms with Gasteiger partial charge in [-0.05, 0) is 41.8 Å². The summed E-state index contributed by atoms with van der Waals surface area (Å²) < 4.78 is 15.7. The highest BCUT2D eigenvalue weighted by Gasteiger charge is 2.06. The maximum absolute atomic E-state index is 12.0. The molecular weight excluding hydrogens is 306 g/mol. The van der Waals surface area contributed by atoms with Crippen LogP contribution in [0.15, 0.2) is 42.5 Å². The fourth-order valence-electron chi connectivity index (χ4n) is 2.34. The van der Waals surface area contributed by atoms with Gasteiger partial charge < -0.3 is 19.5 Å². The smallest absolute Gasteiger partial charge is 0.220 e. The lowest BCUT2D eigenvalue weighted by molar-refractivity contribution is -0.121. The molecule has 0 atom stereocenters. The van der Waals surface area contributed by atoms with Gasteiger partial charge in [-0.15, -0.1) is 0 Å². The van der Waals surface area contributed by atoms with E-state index in [9.17, 15) is 4.79 Å². The Morgan fingerprint density at radius 2 is 1.50 bits per heavy atom. The number of carbonyl (C=O) groups is 1. The molecule has 0 bridgehead atoms. The third-order valence-corrected chi connectivity index (χ3v) is 3.68. The minimum absolute atomic E-state index is 0.000364. The monoisotopic (exact) mass is 329 g/mol. The van der Waals surface area contributed by atoms with E-state index in [1.807, 2.05) is 42.5 Å². The summed E-state index contributed by atoms with van der Waals surface area (Å²) in [5.41, 5.74) is 2.01. The summed E-state index contributed by atoms with van der Waals surface area (Å²) in [6.45, 7) is 0.484. The lowest BCUT2D eigenvalue weighted by Gasteiger charge is -2.09. The topological polar surface area (TPSA) is 56.8 Å². The van der Waals surface area contributed by atoms with Gasteiger partial charge in [0, 0.05) is 19.0 Å². The van der Waals surface area contributed by atoms with E-state index >= 15 is 0 Å². The van der Waals surface area contributed by atoms with Crippen molar-refractivity contribution in [1.29, 1.82) is 0 Å². The molecule has 0 saturated carbocycles. The fourth-order valence-corrected chi connectivity index (χ4v) is 2.34. The highest BCUT2D eigenvalue weighted by Crippen LogP contribution is 2.23. The Kier molecular flexibility index (Phi) is 6.49. The molecule has 2 rings (SSSR count). The highest BCUT2D eigenvalue weighted by atomic mass is 16.5. The first-order valence-corrected chi connectivity index (χ1v) is 7.76. The molecule has 0 spiro atoms. The van der Waals surface area contributed by atoms with Crippen LogP contribution in [0, 0.1) is 0 Å². The van der Waals surface area contributed by atoms with Crippen molar-refractivity contribution < 1.29 is 19.0 Å². The average Bonchev–Trinajstić information content (AvgIpc) is 2.64. The number of amides is 1. The molecule has 1 amide bonds. The van der Waals surface area contributed by atoms with Crippen molar-refractivity contribution in [1.82, 2.24) is 5.32 Å². The molecule has 0 heterocycles. The normalized spacial score (nSPS) is 10.1. The van der Waals surface area contributed by atoms with Gasteiger partial charge in [0.15, 0.2) is 0 Å². The number of nitrogens with one attached hydrogen (secondary N) is 1. The lowest BCUT2D eigenvalue weighted by Crippen LogP contribution is -2.23. The molecule has 0 aliphatic carbocycles. The first kappa shape index (κ1) is 17.7. The lowest BCUT2D eigenvalue weighted by atomic mass is 10.1. The van der Waals surface area contributed by atoms with Gasteiger partial charge in [-0.3, -0.25) is 4.79 Å². The van der Waals surface area contributed by atoms with Gasteiger partial charge in [0.05, 0.1) is 21.3 Å². The molecule has 1 N–H and O–H groups in total. The number of methoxy groups -OCH3 is 3. The Morgan fingerprint density at radius 3 is 2.12 bits per heavy atom. The Bertz CT molecular complexity index is 663. The van der Waals surface area contributed by atoms with Crippen LogP contribution in [0.3, 0.4) is 0 Å². The Hall–Kier alpha value is -2.69. The largest absolute Gasteiger partial charge is 0.497 e. The number of benzene rings is 2. The van der Waals surface area contributed by atoms with E-state index in [1.165, 1.54) is 0 Å². The van der Waals surface area contributed by atoms with Crippen LogP contribution in [-0.2, 0) is 17.8 Å². The molecule has 5 nitrogen and oxygen atoms in total. The molecule has 24 heavy (non-hydrogen) atoms. The van der Waals surface area contributed by atoms with Crippen LogP contribution in [0.1, 0.15) is 17.5 Å². The second kappa shape index (κ2) is 8.82. The number of rotatable bonds is 8. The summed E-state index contributed by atoms with van der Waals surface area (Å²) in [5, 5.41) is 2.92. The molecule has 2 aromatic carbocycles. The van der Waals surface area contributed by atoms with Crippen LogP contribution in [0.25, 0.3) is 0 Å². The second-order valence-electron chi connectivity index (χ2n) is 5.35. The van der Waals surface area contributed by atoms with Gasteiger partial charge in [0.25, 0.3) is 0 Å². The first-order valence-electron chi connectivity index (χ1n) is 7.76. The number of aryl methyl sites for hydroxylation is 1. The number of hydrogen-bond acceptors (Lipinski definition) is 4. The number of ether oxygens (including phenoxy) is 3. The van der Waals surface area contributed by atoms with Crippen molar-refractivity contribution in [2.75, 3.05) is 21.3 Å². The third kappa shape index (κ3) is 5.19. The van der Waals surface area contributed by atoms with Gasteiger partial charge in [0.1, 0.15) is 17.2 Å². The van der Waals surface area contributed by atoms with Crippen molar-refractivity contribution in [3.05, 3.63) is 53.6 Å². The van der Waals surface area contributed by atoms with Gasteiger partial charge in [0.2, 0.25) is 5.91 Å². The van der Waals surface area contributed by atoms with Crippen molar-refractivity contribution in [2.24, 2.45) is 0 Å². The van der Waals surface area contributed by atoms with Gasteiger partial charge in [-0.25, -0.2) is 0 Å². The van der Waals surface area contributed by atoms with Gasteiger partial charge in [-0.2, -0.15) is 0 Å². The van der Waals surface area contributed by atoms with Gasteiger partial charge >= 0.3 is 0 Å². The molecule has 0 radical (unpaired) electrons. The van der Waals surface area contributed by atoms with Crippen LogP contribution in [-0.4, -0.2) is 27.2 Å². The van der Waals surface area contributed by atoms with Crippen molar-refractivity contribution in [3.8, 4) is 17.2 Å². The van der Waals surface area contributed by atoms with Crippen molar-refractivity contribution >= 4 is 5.91 Å². The van der Waals surface area contributed by atoms with Crippen LogP contribution >= 0.6 is 0 Å². The Labute approximate surface area is 142 Å². The molecule has 0 aliphatic rings. The van der Waals surface area contributed by atoms with E-state index in [-0.39, 0.29) is 5.91 Å². The summed E-state index contributed by atoms with van der Waals surface area (Å²) in [6.07, 6.45) is 1.03. The zero-order valence-electron chi connectivity index (χ0n) is 14.3. The summed E-state index contributed by atoms with van der Waals surface area (Å²) in [7, 11) is 4.85. The quantitative estimate of drug-likeness (QED) is 0.809. The number of hydrogen-bond donors (Lipinski definition) is 1. The van der Waals surface area contributed by atoms with E-state index < -0.39 is 0 Å². The Balaban J connectivity index is 1.86. The van der Waals surface area contributed by atoms with E-state index in [0.29, 0.717) is 19.4 Å². The number of carbonyl (C=O) groups excluding carboxylic acids is 1. The highest BCUT2D eigenvalue weighted by molar-refractivity contribution is 5.76. The fraction of sp³-hybridized carbons (Fsp3) is 0.316. The van der Waals surface area contributed by atoms with Crippen molar-refractivity contribution in [3.63, 3.8) is 0 Å². The SMILES string of the molecule is COc1cccc(CNC(=O)CCc2cc(OC)cc(OC)c2)c1. The van der Waals surface area contributed by atoms with E-state index in [4.69, 9.17) is 14.2 Å². The molecule has 0 aromatic heterocycles. The minimum Gasteiger partial charge on any atom is -0.497 e. The molecule has 0 aliphatic heterocycles.